The molecule has 124 valence electrons. The molecule has 0 saturated carbocycles. The second-order valence-corrected chi connectivity index (χ2v) is 5.32. The van der Waals surface area contributed by atoms with Gasteiger partial charge in [-0.3, -0.25) is 0 Å². The zero-order valence-electron chi connectivity index (χ0n) is 13.6. The molecule has 0 radical (unpaired) electrons. The molecule has 4 nitrogen and oxygen atoms in total. The Kier molecular flexibility index (Phi) is 7.43. The van der Waals surface area contributed by atoms with Gasteiger partial charge in [-0.2, -0.15) is 0 Å². The number of rotatable bonds is 10. The topological polar surface area (TPSA) is 50.7 Å². The first-order valence-corrected chi connectivity index (χ1v) is 7.98. The van der Waals surface area contributed by atoms with Gasteiger partial charge >= 0.3 is 0 Å². The van der Waals surface area contributed by atoms with Crippen LogP contribution in [-0.2, 0) is 13.0 Å². The zero-order chi connectivity index (χ0) is 16.3. The van der Waals surface area contributed by atoms with Crippen LogP contribution < -0.4 is 14.8 Å². The molecular formula is C19H25NO3. The van der Waals surface area contributed by atoms with E-state index in [1.807, 2.05) is 36.4 Å². The van der Waals surface area contributed by atoms with Crippen molar-refractivity contribution in [2.75, 3.05) is 26.9 Å². The molecule has 0 aliphatic heterocycles. The molecule has 2 aromatic carbocycles. The van der Waals surface area contributed by atoms with Crippen LogP contribution in [0.1, 0.15) is 17.5 Å². The van der Waals surface area contributed by atoms with Gasteiger partial charge in [-0.1, -0.05) is 36.4 Å². The van der Waals surface area contributed by atoms with Crippen molar-refractivity contribution in [3.8, 4) is 11.5 Å². The fourth-order valence-corrected chi connectivity index (χ4v) is 2.30. The molecular weight excluding hydrogens is 290 g/mol. The Bertz CT molecular complexity index is 572. The van der Waals surface area contributed by atoms with Crippen molar-refractivity contribution in [1.82, 2.24) is 5.32 Å². The van der Waals surface area contributed by atoms with Gasteiger partial charge in [-0.25, -0.2) is 0 Å². The lowest BCUT2D eigenvalue weighted by molar-refractivity contribution is 0.286. The van der Waals surface area contributed by atoms with E-state index in [1.54, 1.807) is 7.11 Å². The molecule has 0 atom stereocenters. The quantitative estimate of drug-likeness (QED) is 0.662. The monoisotopic (exact) mass is 315 g/mol. The van der Waals surface area contributed by atoms with Crippen LogP contribution in [0, 0.1) is 0 Å². The lowest BCUT2D eigenvalue weighted by Crippen LogP contribution is -2.15. The summed E-state index contributed by atoms with van der Waals surface area (Å²) < 4.78 is 11.3. The van der Waals surface area contributed by atoms with Crippen LogP contribution in [-0.4, -0.2) is 32.0 Å². The molecule has 2 rings (SSSR count). The van der Waals surface area contributed by atoms with E-state index in [0.717, 1.165) is 43.0 Å². The SMILES string of the molecule is COc1cc(CNCCCO)ccc1OCCc1ccccc1. The molecule has 0 fully saturated rings. The van der Waals surface area contributed by atoms with E-state index >= 15 is 0 Å². The maximum absolute atomic E-state index is 8.77. The third-order valence-electron chi connectivity index (χ3n) is 3.56. The lowest BCUT2D eigenvalue weighted by atomic mass is 10.1. The molecule has 0 spiro atoms. The Hall–Kier alpha value is -2.04. The van der Waals surface area contributed by atoms with Gasteiger partial charge in [0.05, 0.1) is 13.7 Å². The Labute approximate surface area is 138 Å². The smallest absolute Gasteiger partial charge is 0.161 e. The summed E-state index contributed by atoms with van der Waals surface area (Å²) in [4.78, 5) is 0. The molecule has 0 unspecified atom stereocenters. The van der Waals surface area contributed by atoms with Crippen molar-refractivity contribution in [3.63, 3.8) is 0 Å². The number of aliphatic hydroxyl groups excluding tert-OH is 1. The van der Waals surface area contributed by atoms with Crippen molar-refractivity contribution in [2.24, 2.45) is 0 Å². The minimum Gasteiger partial charge on any atom is -0.493 e. The molecule has 0 saturated heterocycles. The summed E-state index contributed by atoms with van der Waals surface area (Å²) in [6, 6.07) is 16.3. The van der Waals surface area contributed by atoms with E-state index in [4.69, 9.17) is 14.6 Å². The Balaban J connectivity index is 1.86. The van der Waals surface area contributed by atoms with Crippen LogP contribution in [0.15, 0.2) is 48.5 Å². The molecule has 4 heteroatoms. The normalized spacial score (nSPS) is 10.5. The van der Waals surface area contributed by atoms with Crippen LogP contribution in [0.4, 0.5) is 0 Å². The van der Waals surface area contributed by atoms with Crippen LogP contribution in [0.5, 0.6) is 11.5 Å². The average Bonchev–Trinajstić information content (AvgIpc) is 2.60. The highest BCUT2D eigenvalue weighted by molar-refractivity contribution is 5.43. The molecule has 2 N–H and O–H groups in total. The van der Waals surface area contributed by atoms with Crippen LogP contribution in [0.3, 0.4) is 0 Å². The standard InChI is InChI=1S/C19H25NO3/c1-22-19-14-17(15-20-11-5-12-21)8-9-18(19)23-13-10-16-6-3-2-4-7-16/h2-4,6-9,14,20-21H,5,10-13,15H2,1H3. The fourth-order valence-electron chi connectivity index (χ4n) is 2.30. The number of hydrogen-bond acceptors (Lipinski definition) is 4. The largest absolute Gasteiger partial charge is 0.493 e. The highest BCUT2D eigenvalue weighted by atomic mass is 16.5. The predicted octanol–water partition coefficient (Wildman–Crippen LogP) is 2.79. The summed E-state index contributed by atoms with van der Waals surface area (Å²) in [6.45, 7) is 2.38. The summed E-state index contributed by atoms with van der Waals surface area (Å²) in [7, 11) is 1.66. The van der Waals surface area contributed by atoms with Gasteiger partial charge in [0.2, 0.25) is 0 Å². The van der Waals surface area contributed by atoms with Crippen molar-refractivity contribution in [3.05, 3.63) is 59.7 Å². The molecule has 0 amide bonds. The molecule has 0 heterocycles. The third-order valence-corrected chi connectivity index (χ3v) is 3.56. The highest BCUT2D eigenvalue weighted by Crippen LogP contribution is 2.28. The van der Waals surface area contributed by atoms with Crippen molar-refractivity contribution >= 4 is 0 Å². The zero-order valence-corrected chi connectivity index (χ0v) is 13.6. The average molecular weight is 315 g/mol. The number of benzene rings is 2. The molecule has 2 aromatic rings. The van der Waals surface area contributed by atoms with Crippen molar-refractivity contribution in [2.45, 2.75) is 19.4 Å². The maximum Gasteiger partial charge on any atom is 0.161 e. The molecule has 0 aliphatic rings. The summed E-state index contributed by atoms with van der Waals surface area (Å²) >= 11 is 0. The van der Waals surface area contributed by atoms with Crippen LogP contribution in [0.25, 0.3) is 0 Å². The Morgan fingerprint density at radius 1 is 1.00 bits per heavy atom. The van der Waals surface area contributed by atoms with Crippen molar-refractivity contribution < 1.29 is 14.6 Å². The molecule has 0 bridgehead atoms. The van der Waals surface area contributed by atoms with E-state index < -0.39 is 0 Å². The van der Waals surface area contributed by atoms with Crippen LogP contribution in [0.2, 0.25) is 0 Å². The fraction of sp³-hybridized carbons (Fsp3) is 0.368. The first-order valence-electron chi connectivity index (χ1n) is 7.98. The minimum atomic E-state index is 0.213. The number of aliphatic hydroxyl groups is 1. The van der Waals surface area contributed by atoms with Gasteiger partial charge in [-0.05, 0) is 36.2 Å². The van der Waals surface area contributed by atoms with Crippen LogP contribution >= 0.6 is 0 Å². The number of methoxy groups -OCH3 is 1. The number of hydrogen-bond donors (Lipinski definition) is 2. The Morgan fingerprint density at radius 3 is 2.57 bits per heavy atom. The van der Waals surface area contributed by atoms with Gasteiger partial charge in [0.25, 0.3) is 0 Å². The van der Waals surface area contributed by atoms with Gasteiger partial charge in [0.15, 0.2) is 11.5 Å². The van der Waals surface area contributed by atoms with Gasteiger partial charge < -0.3 is 19.9 Å². The van der Waals surface area contributed by atoms with Gasteiger partial charge in [-0.15, -0.1) is 0 Å². The summed E-state index contributed by atoms with van der Waals surface area (Å²) in [5, 5.41) is 12.1. The number of nitrogens with one attached hydrogen (secondary N) is 1. The number of ether oxygens (including phenoxy) is 2. The molecule has 0 aromatic heterocycles. The Morgan fingerprint density at radius 2 is 1.83 bits per heavy atom. The van der Waals surface area contributed by atoms with E-state index in [2.05, 4.69) is 17.4 Å². The maximum atomic E-state index is 8.77. The van der Waals surface area contributed by atoms with Gasteiger partial charge in [0.1, 0.15) is 0 Å². The second-order valence-electron chi connectivity index (χ2n) is 5.32. The lowest BCUT2D eigenvalue weighted by Gasteiger charge is -2.12. The van der Waals surface area contributed by atoms with Gasteiger partial charge in [0, 0.05) is 19.6 Å². The van der Waals surface area contributed by atoms with E-state index in [1.165, 1.54) is 5.56 Å². The first kappa shape index (κ1) is 17.3. The van der Waals surface area contributed by atoms with E-state index in [9.17, 15) is 0 Å². The minimum absolute atomic E-state index is 0.213. The summed E-state index contributed by atoms with van der Waals surface area (Å²) in [6.07, 6.45) is 1.63. The highest BCUT2D eigenvalue weighted by Gasteiger charge is 2.06. The molecule has 23 heavy (non-hydrogen) atoms. The van der Waals surface area contributed by atoms with E-state index in [-0.39, 0.29) is 6.61 Å². The summed E-state index contributed by atoms with van der Waals surface area (Å²) in [5.41, 5.74) is 2.39. The van der Waals surface area contributed by atoms with E-state index in [0.29, 0.717) is 6.61 Å². The third kappa shape index (κ3) is 5.93. The molecule has 0 aliphatic carbocycles. The second kappa shape index (κ2) is 9.87. The first-order chi connectivity index (χ1) is 11.3. The summed E-state index contributed by atoms with van der Waals surface area (Å²) in [5.74, 6) is 1.52. The van der Waals surface area contributed by atoms with Crippen molar-refractivity contribution in [1.29, 1.82) is 0 Å². The predicted molar refractivity (Wildman–Crippen MR) is 92.0 cm³/mol.